The molecule has 0 aliphatic carbocycles. The van der Waals surface area contributed by atoms with E-state index in [1.165, 1.54) is 0 Å². The molecule has 1 saturated heterocycles. The molecule has 2 N–H and O–H groups in total. The molecule has 1 aliphatic rings. The maximum atomic E-state index is 11.4. The monoisotopic (exact) mass is 229 g/mol. The highest BCUT2D eigenvalue weighted by Crippen LogP contribution is 2.06. The third kappa shape index (κ3) is 4.81. The Balaban J connectivity index is 2.00. The van der Waals surface area contributed by atoms with Gasteiger partial charge in [0.1, 0.15) is 0 Å². The minimum atomic E-state index is -0.0311. The smallest absolute Gasteiger partial charge is 0.317 e. The topological polar surface area (TPSA) is 53.6 Å². The zero-order valence-electron chi connectivity index (χ0n) is 10.3. The fraction of sp³-hybridized carbons (Fsp3) is 0.909. The van der Waals surface area contributed by atoms with E-state index >= 15 is 0 Å². The van der Waals surface area contributed by atoms with Crippen LogP contribution in [0.15, 0.2) is 0 Å². The average molecular weight is 229 g/mol. The molecule has 0 bridgehead atoms. The lowest BCUT2D eigenvalue weighted by Gasteiger charge is -2.23. The Morgan fingerprint density at radius 1 is 1.50 bits per heavy atom. The molecule has 94 valence electrons. The maximum absolute atomic E-state index is 11.4. The summed E-state index contributed by atoms with van der Waals surface area (Å²) in [5.41, 5.74) is 0. The van der Waals surface area contributed by atoms with Crippen LogP contribution in [0.4, 0.5) is 4.79 Å². The lowest BCUT2D eigenvalue weighted by atomic mass is 10.1. The molecule has 0 aromatic heterocycles. The number of amides is 2. The van der Waals surface area contributed by atoms with E-state index in [1.807, 2.05) is 6.92 Å². The van der Waals surface area contributed by atoms with Gasteiger partial charge in [-0.15, -0.1) is 0 Å². The molecule has 16 heavy (non-hydrogen) atoms. The molecule has 0 radical (unpaired) electrons. The molecule has 0 aromatic rings. The van der Waals surface area contributed by atoms with E-state index in [0.717, 1.165) is 32.5 Å². The van der Waals surface area contributed by atoms with Crippen LogP contribution in [0.2, 0.25) is 0 Å². The van der Waals surface area contributed by atoms with E-state index in [0.29, 0.717) is 19.3 Å². The van der Waals surface area contributed by atoms with Crippen molar-refractivity contribution < 1.29 is 9.53 Å². The highest BCUT2D eigenvalue weighted by molar-refractivity contribution is 5.73. The van der Waals surface area contributed by atoms with Crippen molar-refractivity contribution in [1.29, 1.82) is 0 Å². The summed E-state index contributed by atoms with van der Waals surface area (Å²) in [4.78, 5) is 13.0. The number of nitrogens with one attached hydrogen (secondary N) is 2. The van der Waals surface area contributed by atoms with Crippen LogP contribution in [0.5, 0.6) is 0 Å². The first-order valence-corrected chi connectivity index (χ1v) is 6.05. The van der Waals surface area contributed by atoms with Gasteiger partial charge in [0, 0.05) is 20.1 Å². The first kappa shape index (κ1) is 13.3. The van der Waals surface area contributed by atoms with E-state index in [1.54, 1.807) is 11.9 Å². The number of hydrogen-bond donors (Lipinski definition) is 2. The number of rotatable bonds is 5. The number of ether oxygens (including phenoxy) is 1. The molecule has 2 amide bonds. The Morgan fingerprint density at radius 3 is 2.81 bits per heavy atom. The number of nitrogens with zero attached hydrogens (tertiary/aromatic N) is 1. The number of urea groups is 1. The molecular weight excluding hydrogens is 206 g/mol. The summed E-state index contributed by atoms with van der Waals surface area (Å²) in [5.74, 6) is 0. The van der Waals surface area contributed by atoms with Gasteiger partial charge in [-0.3, -0.25) is 0 Å². The van der Waals surface area contributed by atoms with E-state index in [2.05, 4.69) is 10.6 Å². The summed E-state index contributed by atoms with van der Waals surface area (Å²) < 4.78 is 5.67. The quantitative estimate of drug-likeness (QED) is 0.672. The predicted octanol–water partition coefficient (Wildman–Crippen LogP) is 0.416. The maximum Gasteiger partial charge on any atom is 0.317 e. The van der Waals surface area contributed by atoms with Crippen LogP contribution >= 0.6 is 0 Å². The van der Waals surface area contributed by atoms with Gasteiger partial charge in [-0.2, -0.15) is 0 Å². The Labute approximate surface area is 97.5 Å². The number of hydrogen-bond acceptors (Lipinski definition) is 3. The summed E-state index contributed by atoms with van der Waals surface area (Å²) in [6.45, 7) is 5.94. The van der Waals surface area contributed by atoms with Gasteiger partial charge in [-0.25, -0.2) is 4.79 Å². The second-order valence-corrected chi connectivity index (χ2v) is 4.07. The van der Waals surface area contributed by atoms with Gasteiger partial charge in [0.2, 0.25) is 0 Å². The van der Waals surface area contributed by atoms with Crippen molar-refractivity contribution >= 4 is 6.03 Å². The van der Waals surface area contributed by atoms with E-state index in [-0.39, 0.29) is 6.03 Å². The van der Waals surface area contributed by atoms with Crippen LogP contribution in [-0.2, 0) is 4.74 Å². The van der Waals surface area contributed by atoms with Gasteiger partial charge in [-0.1, -0.05) is 0 Å². The summed E-state index contributed by atoms with van der Waals surface area (Å²) >= 11 is 0. The van der Waals surface area contributed by atoms with Gasteiger partial charge in [0.15, 0.2) is 0 Å². The second kappa shape index (κ2) is 7.46. The Bertz CT molecular complexity index is 205. The molecule has 1 rings (SSSR count). The van der Waals surface area contributed by atoms with Crippen molar-refractivity contribution in [3.05, 3.63) is 0 Å². The molecule has 0 saturated carbocycles. The fourth-order valence-electron chi connectivity index (χ4n) is 1.62. The van der Waals surface area contributed by atoms with Crippen molar-refractivity contribution in [1.82, 2.24) is 15.5 Å². The van der Waals surface area contributed by atoms with Crippen molar-refractivity contribution in [2.45, 2.75) is 25.9 Å². The SMILES string of the molecule is CCN(C)C(=O)NCCOC1CCNCC1. The average Bonchev–Trinajstić information content (AvgIpc) is 2.34. The first-order chi connectivity index (χ1) is 7.74. The van der Waals surface area contributed by atoms with Crippen LogP contribution in [0.3, 0.4) is 0 Å². The molecule has 0 aromatic carbocycles. The number of piperidine rings is 1. The van der Waals surface area contributed by atoms with Gasteiger partial charge in [-0.05, 0) is 32.9 Å². The largest absolute Gasteiger partial charge is 0.376 e. The zero-order chi connectivity index (χ0) is 11.8. The standard InChI is InChI=1S/C11H23N3O2/c1-3-14(2)11(15)13-8-9-16-10-4-6-12-7-5-10/h10,12H,3-9H2,1-2H3,(H,13,15). The normalized spacial score (nSPS) is 17.1. The highest BCUT2D eigenvalue weighted by atomic mass is 16.5. The molecule has 1 heterocycles. The molecule has 5 nitrogen and oxygen atoms in total. The van der Waals surface area contributed by atoms with Gasteiger partial charge in [0.25, 0.3) is 0 Å². The Hall–Kier alpha value is -0.810. The summed E-state index contributed by atoms with van der Waals surface area (Å²) in [5, 5.41) is 6.11. The van der Waals surface area contributed by atoms with Crippen molar-refractivity contribution in [3.63, 3.8) is 0 Å². The van der Waals surface area contributed by atoms with Crippen LogP contribution < -0.4 is 10.6 Å². The molecule has 0 spiro atoms. The molecule has 0 atom stereocenters. The van der Waals surface area contributed by atoms with Gasteiger partial charge < -0.3 is 20.3 Å². The second-order valence-electron chi connectivity index (χ2n) is 4.07. The third-order valence-corrected chi connectivity index (χ3v) is 2.84. The summed E-state index contributed by atoms with van der Waals surface area (Å²) in [6, 6.07) is -0.0311. The molecule has 0 unspecified atom stereocenters. The number of carbonyl (C=O) groups is 1. The minimum absolute atomic E-state index is 0.0311. The van der Waals surface area contributed by atoms with Crippen LogP contribution in [0, 0.1) is 0 Å². The minimum Gasteiger partial charge on any atom is -0.376 e. The summed E-state index contributed by atoms with van der Waals surface area (Å²) in [6.07, 6.45) is 2.51. The lowest BCUT2D eigenvalue weighted by Crippen LogP contribution is -2.39. The molecule has 5 heteroatoms. The van der Waals surface area contributed by atoms with Crippen LogP contribution in [-0.4, -0.2) is 56.9 Å². The van der Waals surface area contributed by atoms with Crippen molar-refractivity contribution in [3.8, 4) is 0 Å². The third-order valence-electron chi connectivity index (χ3n) is 2.84. The fourth-order valence-corrected chi connectivity index (χ4v) is 1.62. The van der Waals surface area contributed by atoms with Crippen LogP contribution in [0.25, 0.3) is 0 Å². The van der Waals surface area contributed by atoms with Crippen molar-refractivity contribution in [2.75, 3.05) is 39.8 Å². The van der Waals surface area contributed by atoms with E-state index in [9.17, 15) is 4.79 Å². The van der Waals surface area contributed by atoms with E-state index in [4.69, 9.17) is 4.74 Å². The highest BCUT2D eigenvalue weighted by Gasteiger charge is 2.13. The van der Waals surface area contributed by atoms with Gasteiger partial charge >= 0.3 is 6.03 Å². The number of carbonyl (C=O) groups excluding carboxylic acids is 1. The predicted molar refractivity (Wildman–Crippen MR) is 63.5 cm³/mol. The molecular formula is C11H23N3O2. The molecule has 1 fully saturated rings. The Kier molecular flexibility index (Phi) is 6.18. The van der Waals surface area contributed by atoms with Crippen molar-refractivity contribution in [2.24, 2.45) is 0 Å². The first-order valence-electron chi connectivity index (χ1n) is 6.05. The molecule has 1 aliphatic heterocycles. The van der Waals surface area contributed by atoms with Crippen LogP contribution in [0.1, 0.15) is 19.8 Å². The zero-order valence-corrected chi connectivity index (χ0v) is 10.3. The lowest BCUT2D eigenvalue weighted by molar-refractivity contribution is 0.0353. The van der Waals surface area contributed by atoms with E-state index < -0.39 is 0 Å². The Morgan fingerprint density at radius 2 is 2.19 bits per heavy atom. The summed E-state index contributed by atoms with van der Waals surface area (Å²) in [7, 11) is 1.78. The van der Waals surface area contributed by atoms with Gasteiger partial charge in [0.05, 0.1) is 12.7 Å².